The SMILES string of the molecule is Cc1ccccc1CNC(=O)c1ccc(Oc2nccnc2Sc2ccccc2)cc1. The van der Waals surface area contributed by atoms with Crippen molar-refractivity contribution in [3.63, 3.8) is 0 Å². The predicted molar refractivity (Wildman–Crippen MR) is 121 cm³/mol. The Morgan fingerprint density at radius 2 is 1.61 bits per heavy atom. The average molecular weight is 428 g/mol. The second-order valence-electron chi connectivity index (χ2n) is 6.82. The Morgan fingerprint density at radius 1 is 0.903 bits per heavy atom. The summed E-state index contributed by atoms with van der Waals surface area (Å²) in [5.74, 6) is 0.883. The summed E-state index contributed by atoms with van der Waals surface area (Å²) in [5, 5.41) is 3.63. The summed E-state index contributed by atoms with van der Waals surface area (Å²) in [5.41, 5.74) is 2.82. The Morgan fingerprint density at radius 3 is 2.39 bits per heavy atom. The molecule has 0 atom stereocenters. The van der Waals surface area contributed by atoms with Gasteiger partial charge in [0.05, 0.1) is 0 Å². The van der Waals surface area contributed by atoms with Crippen LogP contribution in [0.15, 0.2) is 101 Å². The first kappa shape index (κ1) is 20.6. The summed E-state index contributed by atoms with van der Waals surface area (Å²) in [7, 11) is 0. The zero-order valence-electron chi connectivity index (χ0n) is 17.0. The molecule has 0 aliphatic carbocycles. The van der Waals surface area contributed by atoms with E-state index in [1.165, 1.54) is 11.8 Å². The molecule has 4 aromatic rings. The highest BCUT2D eigenvalue weighted by atomic mass is 32.2. The number of aryl methyl sites for hydroxylation is 1. The van der Waals surface area contributed by atoms with Gasteiger partial charge < -0.3 is 10.1 Å². The fourth-order valence-corrected chi connectivity index (χ4v) is 3.74. The van der Waals surface area contributed by atoms with Gasteiger partial charge in [0.15, 0.2) is 5.03 Å². The maximum absolute atomic E-state index is 12.5. The van der Waals surface area contributed by atoms with E-state index in [-0.39, 0.29) is 5.91 Å². The molecule has 154 valence electrons. The van der Waals surface area contributed by atoms with Gasteiger partial charge >= 0.3 is 0 Å². The van der Waals surface area contributed by atoms with Crippen LogP contribution < -0.4 is 10.1 Å². The minimum atomic E-state index is -0.130. The number of carbonyl (C=O) groups is 1. The molecule has 5 nitrogen and oxygen atoms in total. The fourth-order valence-electron chi connectivity index (χ4n) is 2.92. The predicted octanol–water partition coefficient (Wildman–Crippen LogP) is 5.66. The minimum absolute atomic E-state index is 0.130. The van der Waals surface area contributed by atoms with Gasteiger partial charge in [-0.15, -0.1) is 0 Å². The Balaban J connectivity index is 1.41. The van der Waals surface area contributed by atoms with Crippen LogP contribution in [0.5, 0.6) is 11.6 Å². The third-order valence-electron chi connectivity index (χ3n) is 4.62. The molecule has 0 saturated carbocycles. The van der Waals surface area contributed by atoms with E-state index in [0.717, 1.165) is 16.0 Å². The summed E-state index contributed by atoms with van der Waals surface area (Å²) in [6.45, 7) is 2.52. The van der Waals surface area contributed by atoms with Crippen molar-refractivity contribution in [1.82, 2.24) is 15.3 Å². The maximum atomic E-state index is 12.5. The second kappa shape index (κ2) is 9.91. The standard InChI is InChI=1S/C25H21N3O2S/c1-18-7-5-6-8-20(18)17-28-23(29)19-11-13-21(14-12-19)30-24-25(27-16-15-26-24)31-22-9-3-2-4-10-22/h2-16H,17H2,1H3,(H,28,29). The van der Waals surface area contributed by atoms with Gasteiger partial charge in [0.2, 0.25) is 0 Å². The lowest BCUT2D eigenvalue weighted by atomic mass is 10.1. The molecule has 4 rings (SSSR count). The summed E-state index contributed by atoms with van der Waals surface area (Å²) in [6, 6.07) is 24.9. The van der Waals surface area contributed by atoms with Gasteiger partial charge in [-0.05, 0) is 54.4 Å². The first-order valence-electron chi connectivity index (χ1n) is 9.83. The van der Waals surface area contributed by atoms with Crippen LogP contribution in [0.3, 0.4) is 0 Å². The van der Waals surface area contributed by atoms with Crippen LogP contribution in [0, 0.1) is 6.92 Å². The van der Waals surface area contributed by atoms with Gasteiger partial charge in [0.25, 0.3) is 11.8 Å². The largest absolute Gasteiger partial charge is 0.437 e. The first-order valence-corrected chi connectivity index (χ1v) is 10.7. The van der Waals surface area contributed by atoms with Crippen LogP contribution in [0.1, 0.15) is 21.5 Å². The van der Waals surface area contributed by atoms with Gasteiger partial charge in [-0.25, -0.2) is 9.97 Å². The molecular formula is C25H21N3O2S. The molecule has 0 radical (unpaired) electrons. The molecule has 0 saturated heterocycles. The van der Waals surface area contributed by atoms with Crippen molar-refractivity contribution in [2.45, 2.75) is 23.4 Å². The average Bonchev–Trinajstić information content (AvgIpc) is 2.81. The van der Waals surface area contributed by atoms with Crippen molar-refractivity contribution in [2.75, 3.05) is 0 Å². The van der Waals surface area contributed by atoms with Crippen molar-refractivity contribution < 1.29 is 9.53 Å². The number of nitrogens with one attached hydrogen (secondary N) is 1. The van der Waals surface area contributed by atoms with E-state index in [1.807, 2.05) is 61.5 Å². The lowest BCUT2D eigenvalue weighted by Crippen LogP contribution is -2.23. The Kier molecular flexibility index (Phi) is 6.59. The minimum Gasteiger partial charge on any atom is -0.437 e. The van der Waals surface area contributed by atoms with E-state index in [4.69, 9.17) is 4.74 Å². The Hall–Kier alpha value is -3.64. The number of ether oxygens (including phenoxy) is 1. The molecule has 1 amide bonds. The number of rotatable bonds is 7. The van der Waals surface area contributed by atoms with Crippen molar-refractivity contribution in [2.24, 2.45) is 0 Å². The van der Waals surface area contributed by atoms with E-state index < -0.39 is 0 Å². The zero-order valence-corrected chi connectivity index (χ0v) is 17.8. The second-order valence-corrected chi connectivity index (χ2v) is 7.88. The molecule has 1 aromatic heterocycles. The highest BCUT2D eigenvalue weighted by Crippen LogP contribution is 2.33. The third kappa shape index (κ3) is 5.49. The van der Waals surface area contributed by atoms with E-state index in [9.17, 15) is 4.79 Å². The van der Waals surface area contributed by atoms with Crippen LogP contribution in [-0.2, 0) is 6.54 Å². The number of carbonyl (C=O) groups excluding carboxylic acids is 1. The van der Waals surface area contributed by atoms with Crippen LogP contribution in [-0.4, -0.2) is 15.9 Å². The van der Waals surface area contributed by atoms with Crippen LogP contribution in [0.4, 0.5) is 0 Å². The molecule has 6 heteroatoms. The normalized spacial score (nSPS) is 10.5. The molecule has 0 aliphatic heterocycles. The number of nitrogens with zero attached hydrogens (tertiary/aromatic N) is 2. The molecule has 0 bridgehead atoms. The summed E-state index contributed by atoms with van der Waals surface area (Å²) >= 11 is 1.48. The number of hydrogen-bond donors (Lipinski definition) is 1. The Bertz CT molecular complexity index is 1160. The fraction of sp³-hybridized carbons (Fsp3) is 0.0800. The quantitative estimate of drug-likeness (QED) is 0.412. The smallest absolute Gasteiger partial charge is 0.252 e. The van der Waals surface area contributed by atoms with Gasteiger partial charge in [0, 0.05) is 29.4 Å². The van der Waals surface area contributed by atoms with Crippen LogP contribution >= 0.6 is 11.8 Å². The highest BCUT2D eigenvalue weighted by Gasteiger charge is 2.11. The highest BCUT2D eigenvalue weighted by molar-refractivity contribution is 7.99. The number of aromatic nitrogens is 2. The van der Waals surface area contributed by atoms with Gasteiger partial charge in [-0.3, -0.25) is 4.79 Å². The molecule has 0 fully saturated rings. The van der Waals surface area contributed by atoms with Crippen molar-refractivity contribution >= 4 is 17.7 Å². The Labute approximate surface area is 185 Å². The zero-order chi connectivity index (χ0) is 21.5. The van der Waals surface area contributed by atoms with Crippen molar-refractivity contribution in [3.05, 3.63) is 108 Å². The lowest BCUT2D eigenvalue weighted by molar-refractivity contribution is 0.0951. The number of hydrogen-bond acceptors (Lipinski definition) is 5. The molecule has 1 N–H and O–H groups in total. The van der Waals surface area contributed by atoms with Crippen LogP contribution in [0.25, 0.3) is 0 Å². The van der Waals surface area contributed by atoms with E-state index in [1.54, 1.807) is 36.7 Å². The molecule has 31 heavy (non-hydrogen) atoms. The summed E-state index contributed by atoms with van der Waals surface area (Å²) in [6.07, 6.45) is 3.23. The molecule has 1 heterocycles. The van der Waals surface area contributed by atoms with Gasteiger partial charge in [-0.1, -0.05) is 54.2 Å². The summed E-state index contributed by atoms with van der Waals surface area (Å²) in [4.78, 5) is 22.2. The van der Waals surface area contributed by atoms with E-state index >= 15 is 0 Å². The lowest BCUT2D eigenvalue weighted by Gasteiger charge is -2.10. The molecule has 0 spiro atoms. The van der Waals surface area contributed by atoms with Crippen molar-refractivity contribution in [3.8, 4) is 11.6 Å². The molecular weight excluding hydrogens is 406 g/mol. The number of benzene rings is 3. The molecule has 0 unspecified atom stereocenters. The monoisotopic (exact) mass is 427 g/mol. The third-order valence-corrected chi connectivity index (χ3v) is 5.60. The van der Waals surface area contributed by atoms with Gasteiger partial charge in [-0.2, -0.15) is 0 Å². The van der Waals surface area contributed by atoms with Crippen molar-refractivity contribution in [1.29, 1.82) is 0 Å². The van der Waals surface area contributed by atoms with E-state index in [2.05, 4.69) is 15.3 Å². The van der Waals surface area contributed by atoms with Gasteiger partial charge in [0.1, 0.15) is 5.75 Å². The first-order chi connectivity index (χ1) is 15.2. The van der Waals surface area contributed by atoms with E-state index in [0.29, 0.717) is 28.8 Å². The molecule has 3 aromatic carbocycles. The summed E-state index contributed by atoms with van der Waals surface area (Å²) < 4.78 is 5.94. The molecule has 0 aliphatic rings. The number of amides is 1. The van der Waals surface area contributed by atoms with Crippen LogP contribution in [0.2, 0.25) is 0 Å². The maximum Gasteiger partial charge on any atom is 0.252 e. The topological polar surface area (TPSA) is 64.1 Å².